The van der Waals surface area contributed by atoms with Gasteiger partial charge in [-0.1, -0.05) is 0 Å². The molecule has 3 amide bonds. The average Bonchev–Trinajstić information content (AvgIpc) is 2.50. The molecule has 0 bridgehead atoms. The third-order valence-corrected chi connectivity index (χ3v) is 3.46. The monoisotopic (exact) mass is 389 g/mol. The molecule has 0 rings (SSSR count). The van der Waals surface area contributed by atoms with Crippen LogP contribution in [0.5, 0.6) is 0 Å². The summed E-state index contributed by atoms with van der Waals surface area (Å²) in [5, 5.41) is 13.8. The fraction of sp³-hybridized carbons (Fsp3) is 0.750. The van der Waals surface area contributed by atoms with Crippen LogP contribution in [0.25, 0.3) is 0 Å². The Labute approximate surface area is 158 Å². The molecule has 0 spiro atoms. The molecule has 9 N–H and O–H groups in total. The quantitative estimate of drug-likeness (QED) is 0.149. The van der Waals surface area contributed by atoms with Gasteiger partial charge >= 0.3 is 18.0 Å². The molecule has 0 aromatic carbocycles. The fourth-order valence-corrected chi connectivity index (χ4v) is 2.21. The average molecular weight is 389 g/mol. The molecule has 0 saturated carbocycles. The first-order chi connectivity index (χ1) is 12.3. The zero-order valence-corrected chi connectivity index (χ0v) is 16.0. The van der Waals surface area contributed by atoms with Crippen molar-refractivity contribution in [3.8, 4) is 0 Å². The molecule has 0 saturated heterocycles. The molecular formula is C16H31N5O6. The van der Waals surface area contributed by atoms with Gasteiger partial charge in [0.1, 0.15) is 5.60 Å². The zero-order chi connectivity index (χ0) is 21.3. The zero-order valence-electron chi connectivity index (χ0n) is 16.0. The maximum atomic E-state index is 12.3. The van der Waals surface area contributed by atoms with Gasteiger partial charge < -0.3 is 37.7 Å². The Hall–Kier alpha value is -2.40. The van der Waals surface area contributed by atoms with Crippen LogP contribution in [0.2, 0.25) is 0 Å². The number of hydrogen-bond acceptors (Lipinski definition) is 7. The lowest BCUT2D eigenvalue weighted by Crippen LogP contribution is -2.68. The van der Waals surface area contributed by atoms with Crippen molar-refractivity contribution in [1.82, 2.24) is 10.6 Å². The predicted octanol–water partition coefficient (Wildman–Crippen LogP) is -0.870. The molecule has 11 heteroatoms. The summed E-state index contributed by atoms with van der Waals surface area (Å²) in [5.41, 5.74) is 13.4. The maximum Gasteiger partial charge on any atom is 0.350 e. The van der Waals surface area contributed by atoms with E-state index in [1.54, 1.807) is 20.8 Å². The third kappa shape index (κ3) is 9.75. The Morgan fingerprint density at radius 3 is 2.15 bits per heavy atom. The second-order valence-corrected chi connectivity index (χ2v) is 7.17. The molecular weight excluding hydrogens is 358 g/mol. The molecule has 27 heavy (non-hydrogen) atoms. The smallest absolute Gasteiger partial charge is 0.350 e. The van der Waals surface area contributed by atoms with E-state index >= 15 is 0 Å². The van der Waals surface area contributed by atoms with Crippen LogP contribution in [0.15, 0.2) is 0 Å². The van der Waals surface area contributed by atoms with E-state index in [-0.39, 0.29) is 19.3 Å². The third-order valence-electron chi connectivity index (χ3n) is 3.46. The minimum absolute atomic E-state index is 0.0597. The molecule has 11 nitrogen and oxygen atoms in total. The van der Waals surface area contributed by atoms with Crippen molar-refractivity contribution >= 4 is 23.9 Å². The SMILES string of the molecule is CC(C)(C)OC(=O)CC[C@H](N)C(=O)N[C@](CCCCN)(NC(N)=O)C(=O)O. The molecule has 156 valence electrons. The number of amides is 3. The van der Waals surface area contributed by atoms with Crippen molar-refractivity contribution in [2.45, 2.75) is 70.2 Å². The standard InChI is InChI=1S/C16H31N5O6/c1-15(2,3)27-11(22)7-6-10(18)12(23)20-16(13(24)25,21-14(19)26)8-4-5-9-17/h10H,4-9,17-18H2,1-3H3,(H,20,23)(H,24,25)(H3,19,21,26)/t10-,16+/m0/s1. The number of hydrogen-bond donors (Lipinski definition) is 6. The van der Waals surface area contributed by atoms with Gasteiger partial charge in [-0.15, -0.1) is 0 Å². The topological polar surface area (TPSA) is 200 Å². The number of unbranched alkanes of at least 4 members (excludes halogenated alkanes) is 1. The minimum atomic E-state index is -2.11. The van der Waals surface area contributed by atoms with Crippen molar-refractivity contribution in [2.75, 3.05) is 6.54 Å². The molecule has 0 aliphatic rings. The molecule has 0 unspecified atom stereocenters. The number of ether oxygens (including phenoxy) is 1. The summed E-state index contributed by atoms with van der Waals surface area (Å²) in [6.07, 6.45) is 0.484. The van der Waals surface area contributed by atoms with Crippen LogP contribution in [0.3, 0.4) is 0 Å². The first-order valence-electron chi connectivity index (χ1n) is 8.63. The molecule has 0 heterocycles. The number of carbonyl (C=O) groups is 4. The van der Waals surface area contributed by atoms with Gasteiger partial charge in [0.05, 0.1) is 6.04 Å². The lowest BCUT2D eigenvalue weighted by atomic mass is 10.0. The number of esters is 1. The Kier molecular flexibility index (Phi) is 9.73. The van der Waals surface area contributed by atoms with Gasteiger partial charge in [-0.05, 0) is 46.6 Å². The normalized spacial score (nSPS) is 14.6. The summed E-state index contributed by atoms with van der Waals surface area (Å²) in [4.78, 5) is 46.9. The van der Waals surface area contributed by atoms with Gasteiger partial charge in [0.2, 0.25) is 11.6 Å². The summed E-state index contributed by atoms with van der Waals surface area (Å²) in [6.45, 7) is 5.43. The van der Waals surface area contributed by atoms with Crippen molar-refractivity contribution in [2.24, 2.45) is 17.2 Å². The molecule has 0 aromatic rings. The summed E-state index contributed by atoms with van der Waals surface area (Å²) in [6, 6.07) is -2.30. The van der Waals surface area contributed by atoms with Gasteiger partial charge in [0.25, 0.3) is 0 Å². The summed E-state index contributed by atoms with van der Waals surface area (Å²) in [5.74, 6) is -2.87. The lowest BCUT2D eigenvalue weighted by Gasteiger charge is -2.32. The van der Waals surface area contributed by atoms with Crippen molar-refractivity contribution in [1.29, 1.82) is 0 Å². The van der Waals surface area contributed by atoms with E-state index in [0.717, 1.165) is 0 Å². The summed E-state index contributed by atoms with van der Waals surface area (Å²) < 4.78 is 5.12. The summed E-state index contributed by atoms with van der Waals surface area (Å²) >= 11 is 0. The number of nitrogens with one attached hydrogen (secondary N) is 2. The van der Waals surface area contributed by atoms with E-state index in [4.69, 9.17) is 21.9 Å². The van der Waals surface area contributed by atoms with Gasteiger partial charge in [0, 0.05) is 12.8 Å². The predicted molar refractivity (Wildman–Crippen MR) is 97.2 cm³/mol. The van der Waals surface area contributed by atoms with Gasteiger partial charge in [0.15, 0.2) is 0 Å². The van der Waals surface area contributed by atoms with Crippen LogP contribution in [-0.4, -0.2) is 52.8 Å². The Morgan fingerprint density at radius 2 is 1.70 bits per heavy atom. The Morgan fingerprint density at radius 1 is 1.11 bits per heavy atom. The minimum Gasteiger partial charge on any atom is -0.478 e. The largest absolute Gasteiger partial charge is 0.478 e. The van der Waals surface area contributed by atoms with Crippen molar-refractivity contribution in [3.05, 3.63) is 0 Å². The number of primary amides is 1. The highest BCUT2D eigenvalue weighted by Crippen LogP contribution is 2.14. The van der Waals surface area contributed by atoms with Crippen LogP contribution in [0.4, 0.5) is 4.79 Å². The first-order valence-corrected chi connectivity index (χ1v) is 8.63. The second-order valence-electron chi connectivity index (χ2n) is 7.17. The highest BCUT2D eigenvalue weighted by atomic mass is 16.6. The van der Waals surface area contributed by atoms with Crippen molar-refractivity contribution < 1.29 is 29.0 Å². The van der Waals surface area contributed by atoms with E-state index in [2.05, 4.69) is 10.6 Å². The summed E-state index contributed by atoms with van der Waals surface area (Å²) in [7, 11) is 0. The van der Waals surface area contributed by atoms with E-state index in [1.807, 2.05) is 0 Å². The first kappa shape index (κ1) is 24.6. The van der Waals surface area contributed by atoms with E-state index in [1.165, 1.54) is 0 Å². The molecule has 2 atom stereocenters. The van der Waals surface area contributed by atoms with Gasteiger partial charge in [-0.3, -0.25) is 9.59 Å². The fourth-order valence-electron chi connectivity index (χ4n) is 2.21. The molecule has 0 aromatic heterocycles. The van der Waals surface area contributed by atoms with E-state index in [0.29, 0.717) is 19.4 Å². The van der Waals surface area contributed by atoms with Crippen LogP contribution >= 0.6 is 0 Å². The van der Waals surface area contributed by atoms with Gasteiger partial charge in [-0.25, -0.2) is 9.59 Å². The van der Waals surface area contributed by atoms with E-state index in [9.17, 15) is 24.3 Å². The van der Waals surface area contributed by atoms with Gasteiger partial charge in [-0.2, -0.15) is 0 Å². The number of aliphatic carboxylic acids is 1. The van der Waals surface area contributed by atoms with Crippen LogP contribution < -0.4 is 27.8 Å². The maximum absolute atomic E-state index is 12.3. The van der Waals surface area contributed by atoms with Crippen molar-refractivity contribution in [3.63, 3.8) is 0 Å². The molecule has 0 radical (unpaired) electrons. The Balaban J connectivity index is 5.01. The second kappa shape index (κ2) is 10.7. The molecule has 0 fully saturated rings. The molecule has 0 aliphatic heterocycles. The highest BCUT2D eigenvalue weighted by Gasteiger charge is 2.41. The lowest BCUT2D eigenvalue weighted by molar-refractivity contribution is -0.155. The number of carboxylic acids is 1. The number of carboxylic acid groups (broad SMARTS) is 1. The number of rotatable bonds is 11. The number of carbonyl (C=O) groups excluding carboxylic acids is 3. The Bertz CT molecular complexity index is 548. The van der Waals surface area contributed by atoms with Crippen LogP contribution in [0.1, 0.15) is 52.9 Å². The van der Waals surface area contributed by atoms with Crippen LogP contribution in [0, 0.1) is 0 Å². The molecule has 0 aliphatic carbocycles. The number of nitrogens with two attached hydrogens (primary N) is 3. The highest BCUT2D eigenvalue weighted by molar-refractivity contribution is 5.92. The number of urea groups is 1. The van der Waals surface area contributed by atoms with Crippen LogP contribution in [-0.2, 0) is 19.1 Å². The van der Waals surface area contributed by atoms with E-state index < -0.39 is 41.2 Å².